The summed E-state index contributed by atoms with van der Waals surface area (Å²) in [6.07, 6.45) is 11.2. The third-order valence-corrected chi connectivity index (χ3v) is 6.25. The molecule has 0 aromatic carbocycles. The van der Waals surface area contributed by atoms with Gasteiger partial charge in [0.2, 0.25) is 0 Å². The van der Waals surface area contributed by atoms with Crippen LogP contribution in [0.4, 0.5) is 0 Å². The highest BCUT2D eigenvalue weighted by Crippen LogP contribution is 2.41. The largest absolute Gasteiger partial charge is 0.271 e. The lowest BCUT2D eigenvalue weighted by molar-refractivity contribution is 0.110. The van der Waals surface area contributed by atoms with Crippen molar-refractivity contribution in [3.63, 3.8) is 0 Å². The van der Waals surface area contributed by atoms with E-state index >= 15 is 0 Å². The highest BCUT2D eigenvalue weighted by Gasteiger charge is 2.35. The molecule has 0 radical (unpaired) electrons. The molecule has 0 aromatic rings. The quantitative estimate of drug-likeness (QED) is 0.593. The van der Waals surface area contributed by atoms with E-state index in [9.17, 15) is 0 Å². The van der Waals surface area contributed by atoms with Crippen LogP contribution in [-0.2, 0) is 0 Å². The molecule has 2 fully saturated rings. The van der Waals surface area contributed by atoms with Gasteiger partial charge in [0.15, 0.2) is 0 Å². The van der Waals surface area contributed by atoms with Crippen molar-refractivity contribution < 1.29 is 0 Å². The molecule has 0 amide bonds. The van der Waals surface area contributed by atoms with Crippen molar-refractivity contribution in [1.29, 1.82) is 0 Å². The Labute approximate surface area is 119 Å². The molecule has 0 aliphatic heterocycles. The minimum Gasteiger partial charge on any atom is -0.271 e. The summed E-state index contributed by atoms with van der Waals surface area (Å²) in [7, 11) is 0. The highest BCUT2D eigenvalue weighted by atomic mass is 15.2. The summed E-state index contributed by atoms with van der Waals surface area (Å²) in [5, 5.41) is 0. The zero-order valence-corrected chi connectivity index (χ0v) is 13.2. The molecule has 6 atom stereocenters. The molecular weight excluding hydrogens is 232 g/mol. The Morgan fingerprint density at radius 2 is 1.74 bits per heavy atom. The Kier molecular flexibility index (Phi) is 5.70. The van der Waals surface area contributed by atoms with Gasteiger partial charge in [-0.25, -0.2) is 0 Å². The first-order chi connectivity index (χ1) is 9.15. The summed E-state index contributed by atoms with van der Waals surface area (Å²) in [6.45, 7) is 7.20. The molecule has 0 bridgehead atoms. The van der Waals surface area contributed by atoms with E-state index in [2.05, 4.69) is 26.2 Å². The number of rotatable bonds is 4. The predicted octanol–water partition coefficient (Wildman–Crippen LogP) is 4.11. The number of nitrogens with one attached hydrogen (secondary N) is 1. The monoisotopic (exact) mass is 266 g/mol. The third-order valence-electron chi connectivity index (χ3n) is 6.25. The van der Waals surface area contributed by atoms with Crippen molar-refractivity contribution >= 4 is 0 Å². The summed E-state index contributed by atoms with van der Waals surface area (Å²) in [5.41, 5.74) is 3.22. The van der Waals surface area contributed by atoms with Crippen LogP contribution in [-0.4, -0.2) is 6.04 Å². The number of nitrogens with two attached hydrogens (primary N) is 1. The minimum atomic E-state index is 0.573. The molecule has 112 valence electrons. The maximum atomic E-state index is 5.95. The van der Waals surface area contributed by atoms with Crippen molar-refractivity contribution in [2.45, 2.75) is 78.2 Å². The second kappa shape index (κ2) is 7.08. The standard InChI is InChI=1S/C17H34N2/c1-4-14-6-5-7-15(11-14)17(19-18)16-9-8-12(2)13(3)10-16/h12-17,19H,4-11,18H2,1-3H3. The molecule has 0 saturated heterocycles. The summed E-state index contributed by atoms with van der Waals surface area (Å²) in [5.74, 6) is 10.3. The van der Waals surface area contributed by atoms with E-state index in [1.165, 1.54) is 51.4 Å². The second-order valence-electron chi connectivity index (χ2n) is 7.42. The molecule has 0 aromatic heterocycles. The zero-order chi connectivity index (χ0) is 13.8. The van der Waals surface area contributed by atoms with Crippen molar-refractivity contribution in [1.82, 2.24) is 5.43 Å². The highest BCUT2D eigenvalue weighted by molar-refractivity contribution is 4.89. The lowest BCUT2D eigenvalue weighted by atomic mass is 9.67. The maximum Gasteiger partial charge on any atom is 0.0267 e. The second-order valence-corrected chi connectivity index (χ2v) is 7.42. The SMILES string of the molecule is CCC1CCCC(C(NN)C2CCC(C)C(C)C2)C1. The van der Waals surface area contributed by atoms with Crippen molar-refractivity contribution in [3.05, 3.63) is 0 Å². The molecule has 2 rings (SSSR count). The lowest BCUT2D eigenvalue weighted by Crippen LogP contribution is -2.49. The smallest absolute Gasteiger partial charge is 0.0267 e. The van der Waals surface area contributed by atoms with Crippen LogP contribution in [0.1, 0.15) is 72.1 Å². The van der Waals surface area contributed by atoms with Crippen LogP contribution in [0.15, 0.2) is 0 Å². The van der Waals surface area contributed by atoms with Crippen LogP contribution in [0, 0.1) is 29.6 Å². The molecule has 0 spiro atoms. The molecule has 3 N–H and O–H groups in total. The minimum absolute atomic E-state index is 0.573. The van der Waals surface area contributed by atoms with Gasteiger partial charge in [-0.15, -0.1) is 0 Å². The van der Waals surface area contributed by atoms with Crippen molar-refractivity contribution in [2.24, 2.45) is 35.4 Å². The van der Waals surface area contributed by atoms with E-state index in [1.54, 1.807) is 0 Å². The van der Waals surface area contributed by atoms with Gasteiger partial charge in [0.25, 0.3) is 0 Å². The molecule has 2 nitrogen and oxygen atoms in total. The van der Waals surface area contributed by atoms with Gasteiger partial charge in [-0.1, -0.05) is 46.5 Å². The van der Waals surface area contributed by atoms with Gasteiger partial charge in [0.05, 0.1) is 0 Å². The van der Waals surface area contributed by atoms with E-state index < -0.39 is 0 Å². The van der Waals surface area contributed by atoms with E-state index in [0.29, 0.717) is 6.04 Å². The van der Waals surface area contributed by atoms with Gasteiger partial charge in [0, 0.05) is 6.04 Å². The first-order valence-corrected chi connectivity index (χ1v) is 8.61. The average molecular weight is 266 g/mol. The number of hydrazine groups is 1. The average Bonchev–Trinajstić information content (AvgIpc) is 2.44. The molecular formula is C17H34N2. The van der Waals surface area contributed by atoms with Crippen LogP contribution in [0.5, 0.6) is 0 Å². The van der Waals surface area contributed by atoms with Crippen LogP contribution in [0.25, 0.3) is 0 Å². The van der Waals surface area contributed by atoms with Crippen LogP contribution < -0.4 is 11.3 Å². The van der Waals surface area contributed by atoms with E-state index in [1.807, 2.05) is 0 Å². The number of hydrogen-bond donors (Lipinski definition) is 2. The van der Waals surface area contributed by atoms with Gasteiger partial charge in [-0.3, -0.25) is 11.3 Å². The normalized spacial score (nSPS) is 42.0. The number of hydrogen-bond acceptors (Lipinski definition) is 2. The Bertz CT molecular complexity index is 260. The summed E-state index contributed by atoms with van der Waals surface area (Å²) >= 11 is 0. The first-order valence-electron chi connectivity index (χ1n) is 8.61. The topological polar surface area (TPSA) is 38.0 Å². The predicted molar refractivity (Wildman–Crippen MR) is 82.5 cm³/mol. The van der Waals surface area contributed by atoms with Crippen molar-refractivity contribution in [2.75, 3.05) is 0 Å². The van der Waals surface area contributed by atoms with E-state index in [4.69, 9.17) is 5.84 Å². The van der Waals surface area contributed by atoms with Gasteiger partial charge < -0.3 is 0 Å². The van der Waals surface area contributed by atoms with Gasteiger partial charge in [-0.2, -0.15) is 0 Å². The Morgan fingerprint density at radius 1 is 1.00 bits per heavy atom. The van der Waals surface area contributed by atoms with Crippen LogP contribution >= 0.6 is 0 Å². The maximum absolute atomic E-state index is 5.95. The van der Waals surface area contributed by atoms with Gasteiger partial charge >= 0.3 is 0 Å². The summed E-state index contributed by atoms with van der Waals surface area (Å²) < 4.78 is 0. The fourth-order valence-corrected chi connectivity index (χ4v) is 4.60. The Balaban J connectivity index is 1.95. The fraction of sp³-hybridized carbons (Fsp3) is 1.00. The Morgan fingerprint density at radius 3 is 2.37 bits per heavy atom. The van der Waals surface area contributed by atoms with E-state index in [-0.39, 0.29) is 0 Å². The molecule has 0 heterocycles. The van der Waals surface area contributed by atoms with Crippen molar-refractivity contribution in [3.8, 4) is 0 Å². The van der Waals surface area contributed by atoms with Crippen LogP contribution in [0.2, 0.25) is 0 Å². The molecule has 2 saturated carbocycles. The molecule has 2 aliphatic rings. The lowest BCUT2D eigenvalue weighted by Gasteiger charge is -2.42. The van der Waals surface area contributed by atoms with Crippen LogP contribution in [0.3, 0.4) is 0 Å². The summed E-state index contributed by atoms with van der Waals surface area (Å²) in [4.78, 5) is 0. The molecule has 2 aliphatic carbocycles. The third kappa shape index (κ3) is 3.72. The first kappa shape index (κ1) is 15.3. The molecule has 6 unspecified atom stereocenters. The molecule has 19 heavy (non-hydrogen) atoms. The Hall–Kier alpha value is -0.0800. The van der Waals surface area contributed by atoms with Gasteiger partial charge in [0.1, 0.15) is 0 Å². The summed E-state index contributed by atoms with van der Waals surface area (Å²) in [6, 6.07) is 0.573. The fourth-order valence-electron chi connectivity index (χ4n) is 4.60. The zero-order valence-electron chi connectivity index (χ0n) is 13.2. The van der Waals surface area contributed by atoms with Gasteiger partial charge in [-0.05, 0) is 55.3 Å². The molecule has 2 heteroatoms. The van der Waals surface area contributed by atoms with E-state index in [0.717, 1.165) is 29.6 Å².